The van der Waals surface area contributed by atoms with Crippen LogP contribution in [-0.2, 0) is 11.3 Å². The van der Waals surface area contributed by atoms with Crippen LogP contribution in [0.1, 0.15) is 37.7 Å². The van der Waals surface area contributed by atoms with Gasteiger partial charge in [-0.1, -0.05) is 37.0 Å². The molecule has 0 radical (unpaired) electrons. The third-order valence-electron chi connectivity index (χ3n) is 5.24. The maximum absolute atomic E-state index is 13.0. The van der Waals surface area contributed by atoms with E-state index in [1.165, 1.54) is 6.42 Å². The van der Waals surface area contributed by atoms with Crippen LogP contribution in [0.15, 0.2) is 47.4 Å². The smallest absolute Gasteiger partial charge is 0.280 e. The van der Waals surface area contributed by atoms with Gasteiger partial charge in [0.15, 0.2) is 5.65 Å². The summed E-state index contributed by atoms with van der Waals surface area (Å²) in [5.41, 5.74) is 2.21. The number of pyridine rings is 1. The minimum Gasteiger partial charge on any atom is -0.352 e. The molecule has 2 aromatic heterocycles. The summed E-state index contributed by atoms with van der Waals surface area (Å²) >= 11 is 0. The molecular weight excluding hydrogens is 340 g/mol. The Kier molecular flexibility index (Phi) is 4.79. The quantitative estimate of drug-likeness (QED) is 0.774. The van der Waals surface area contributed by atoms with Gasteiger partial charge in [-0.2, -0.15) is 0 Å². The van der Waals surface area contributed by atoms with Gasteiger partial charge in [-0.25, -0.2) is 9.67 Å². The Labute approximate surface area is 157 Å². The molecule has 6 nitrogen and oxygen atoms in total. The fourth-order valence-corrected chi connectivity index (χ4v) is 3.83. The molecule has 1 aliphatic carbocycles. The molecule has 1 saturated carbocycles. The lowest BCUT2D eigenvalue weighted by molar-refractivity contribution is -0.122. The van der Waals surface area contributed by atoms with E-state index in [2.05, 4.69) is 10.3 Å². The fourth-order valence-electron chi connectivity index (χ4n) is 3.83. The molecule has 2 heterocycles. The Hall–Kier alpha value is -2.89. The Morgan fingerprint density at radius 2 is 1.89 bits per heavy atom. The van der Waals surface area contributed by atoms with Crippen molar-refractivity contribution in [3.8, 4) is 5.69 Å². The largest absolute Gasteiger partial charge is 0.352 e. The number of aryl methyl sites for hydroxylation is 1. The van der Waals surface area contributed by atoms with Gasteiger partial charge in [0.25, 0.3) is 5.56 Å². The van der Waals surface area contributed by atoms with Crippen LogP contribution >= 0.6 is 0 Å². The monoisotopic (exact) mass is 364 g/mol. The summed E-state index contributed by atoms with van der Waals surface area (Å²) < 4.78 is 3.23. The maximum Gasteiger partial charge on any atom is 0.280 e. The Morgan fingerprint density at radius 3 is 2.63 bits per heavy atom. The van der Waals surface area contributed by atoms with Crippen LogP contribution in [0.25, 0.3) is 16.7 Å². The van der Waals surface area contributed by atoms with Crippen LogP contribution in [-0.4, -0.2) is 26.3 Å². The molecule has 0 saturated heterocycles. The third-order valence-corrected chi connectivity index (χ3v) is 5.24. The van der Waals surface area contributed by atoms with Gasteiger partial charge in [0.2, 0.25) is 5.91 Å². The van der Waals surface area contributed by atoms with Crippen molar-refractivity contribution in [3.05, 3.63) is 58.5 Å². The Balaban J connectivity index is 1.72. The number of rotatable bonds is 4. The zero-order chi connectivity index (χ0) is 18.8. The molecule has 1 aliphatic rings. The fraction of sp³-hybridized carbons (Fsp3) is 0.381. The van der Waals surface area contributed by atoms with Gasteiger partial charge in [0.1, 0.15) is 6.54 Å². The lowest BCUT2D eigenvalue weighted by Gasteiger charge is -2.23. The lowest BCUT2D eigenvalue weighted by atomic mass is 9.95. The summed E-state index contributed by atoms with van der Waals surface area (Å²) in [5, 5.41) is 3.64. The topological polar surface area (TPSA) is 68.9 Å². The lowest BCUT2D eigenvalue weighted by Crippen LogP contribution is -2.39. The molecule has 1 N–H and O–H groups in total. The van der Waals surface area contributed by atoms with Crippen molar-refractivity contribution in [1.82, 2.24) is 19.7 Å². The molecule has 1 amide bonds. The first-order chi connectivity index (χ1) is 13.1. The third kappa shape index (κ3) is 3.52. The first kappa shape index (κ1) is 17.5. The molecule has 0 bridgehead atoms. The van der Waals surface area contributed by atoms with Crippen LogP contribution in [0.2, 0.25) is 0 Å². The summed E-state index contributed by atoms with van der Waals surface area (Å²) in [6.45, 7) is 2.07. The Bertz CT molecular complexity index is 1010. The molecule has 0 unspecified atom stereocenters. The molecule has 0 atom stereocenters. The second-order valence-electron chi connectivity index (χ2n) is 7.29. The number of carbonyl (C=O) groups is 1. The highest BCUT2D eigenvalue weighted by Crippen LogP contribution is 2.18. The number of hydrogen-bond acceptors (Lipinski definition) is 3. The van der Waals surface area contributed by atoms with Gasteiger partial charge >= 0.3 is 0 Å². The average molecular weight is 364 g/mol. The van der Waals surface area contributed by atoms with E-state index in [9.17, 15) is 9.59 Å². The molecule has 4 rings (SSSR count). The predicted octanol–water partition coefficient (Wildman–Crippen LogP) is 2.94. The summed E-state index contributed by atoms with van der Waals surface area (Å²) in [6, 6.07) is 11.4. The van der Waals surface area contributed by atoms with Gasteiger partial charge in [-0.3, -0.25) is 14.3 Å². The summed E-state index contributed by atoms with van der Waals surface area (Å²) in [5.74, 6) is -0.0784. The maximum atomic E-state index is 13.0. The first-order valence-electron chi connectivity index (χ1n) is 9.56. The number of amides is 1. The molecular formula is C21H24N4O2. The average Bonchev–Trinajstić information content (AvgIpc) is 2.96. The van der Waals surface area contributed by atoms with E-state index >= 15 is 0 Å². The van der Waals surface area contributed by atoms with Gasteiger partial charge in [0.05, 0.1) is 11.1 Å². The number of nitrogens with zero attached hydrogens (tertiary/aromatic N) is 3. The van der Waals surface area contributed by atoms with Crippen LogP contribution in [0.4, 0.5) is 0 Å². The van der Waals surface area contributed by atoms with Gasteiger partial charge in [-0.05, 0) is 44.0 Å². The van der Waals surface area contributed by atoms with Crippen molar-refractivity contribution in [2.45, 2.75) is 51.6 Å². The molecule has 6 heteroatoms. The molecule has 1 aromatic carbocycles. The van der Waals surface area contributed by atoms with Crippen molar-refractivity contribution in [1.29, 1.82) is 0 Å². The van der Waals surface area contributed by atoms with E-state index in [-0.39, 0.29) is 24.1 Å². The number of carbonyl (C=O) groups excluding carboxylic acids is 1. The second kappa shape index (κ2) is 7.39. The van der Waals surface area contributed by atoms with Crippen molar-refractivity contribution in [3.63, 3.8) is 0 Å². The zero-order valence-corrected chi connectivity index (χ0v) is 15.5. The normalized spacial score (nSPS) is 15.1. The molecule has 0 aliphatic heterocycles. The van der Waals surface area contributed by atoms with Crippen LogP contribution in [0.3, 0.4) is 0 Å². The predicted molar refractivity (Wildman–Crippen MR) is 105 cm³/mol. The van der Waals surface area contributed by atoms with Crippen molar-refractivity contribution in [2.24, 2.45) is 0 Å². The number of nitrogens with one attached hydrogen (secondary N) is 1. The van der Waals surface area contributed by atoms with Gasteiger partial charge in [0, 0.05) is 12.2 Å². The standard InChI is InChI=1S/C21H24N4O2/c1-15-9-11-17(12-10-15)25-21(27)18-8-5-13-22-20(18)24(25)14-19(26)23-16-6-3-2-4-7-16/h5,8-13,16H,2-4,6-7,14H2,1H3,(H,23,26). The summed E-state index contributed by atoms with van der Waals surface area (Å²) in [4.78, 5) is 30.0. The highest BCUT2D eigenvalue weighted by molar-refractivity contribution is 5.80. The molecule has 140 valence electrons. The Morgan fingerprint density at radius 1 is 1.15 bits per heavy atom. The number of hydrogen-bond donors (Lipinski definition) is 1. The van der Waals surface area contributed by atoms with Crippen LogP contribution in [0, 0.1) is 6.92 Å². The first-order valence-corrected chi connectivity index (χ1v) is 9.56. The van der Waals surface area contributed by atoms with Crippen molar-refractivity contribution < 1.29 is 4.79 Å². The molecule has 27 heavy (non-hydrogen) atoms. The van der Waals surface area contributed by atoms with Gasteiger partial charge in [-0.15, -0.1) is 0 Å². The van der Waals surface area contributed by atoms with E-state index in [4.69, 9.17) is 0 Å². The number of fused-ring (bicyclic) bond motifs is 1. The van der Waals surface area contributed by atoms with E-state index in [0.29, 0.717) is 11.0 Å². The summed E-state index contributed by atoms with van der Waals surface area (Å²) in [7, 11) is 0. The highest BCUT2D eigenvalue weighted by atomic mass is 16.2. The van der Waals surface area contributed by atoms with Crippen LogP contribution < -0.4 is 10.9 Å². The number of aromatic nitrogens is 3. The zero-order valence-electron chi connectivity index (χ0n) is 15.5. The van der Waals surface area contributed by atoms with Gasteiger partial charge < -0.3 is 5.32 Å². The van der Waals surface area contributed by atoms with E-state index in [1.807, 2.05) is 31.2 Å². The van der Waals surface area contributed by atoms with E-state index in [0.717, 1.165) is 36.9 Å². The van der Waals surface area contributed by atoms with Crippen LogP contribution in [0.5, 0.6) is 0 Å². The second-order valence-corrected chi connectivity index (χ2v) is 7.29. The molecule has 3 aromatic rings. The molecule has 1 fully saturated rings. The van der Waals surface area contributed by atoms with E-state index in [1.54, 1.807) is 27.7 Å². The minimum absolute atomic E-state index is 0.0696. The molecule has 0 spiro atoms. The number of benzene rings is 1. The van der Waals surface area contributed by atoms with Crippen molar-refractivity contribution in [2.75, 3.05) is 0 Å². The highest BCUT2D eigenvalue weighted by Gasteiger charge is 2.20. The SMILES string of the molecule is Cc1ccc(-n2c(=O)c3cccnc3n2CC(=O)NC2CCCCC2)cc1. The summed E-state index contributed by atoms with van der Waals surface area (Å²) in [6.07, 6.45) is 7.27. The van der Waals surface area contributed by atoms with Crippen molar-refractivity contribution >= 4 is 16.9 Å². The van der Waals surface area contributed by atoms with E-state index < -0.39 is 0 Å². The minimum atomic E-state index is -0.160.